The molecule has 3 atom stereocenters. The van der Waals surface area contributed by atoms with Crippen LogP contribution in [0.1, 0.15) is 36.8 Å². The molecule has 2 aromatic rings. The maximum absolute atomic E-state index is 11.2. The molecule has 0 saturated heterocycles. The molecule has 3 rings (SSSR count). The van der Waals surface area contributed by atoms with Crippen molar-refractivity contribution in [3.63, 3.8) is 0 Å². The molecule has 0 aliphatic heterocycles. The maximum Gasteiger partial charge on any atom is 0.267 e. The second-order valence-corrected chi connectivity index (χ2v) is 8.28. The van der Waals surface area contributed by atoms with Crippen LogP contribution in [-0.2, 0) is 10.1 Å². The van der Waals surface area contributed by atoms with Crippen LogP contribution in [0.4, 0.5) is 0 Å². The van der Waals surface area contributed by atoms with E-state index in [2.05, 4.69) is 6.07 Å². The van der Waals surface area contributed by atoms with Gasteiger partial charge in [-0.3, -0.25) is 4.55 Å². The zero-order valence-electron chi connectivity index (χ0n) is 13.4. The lowest BCUT2D eigenvalue weighted by Gasteiger charge is -2.09. The van der Waals surface area contributed by atoms with Crippen LogP contribution in [-0.4, -0.2) is 18.2 Å². The van der Waals surface area contributed by atoms with Gasteiger partial charge in [0.05, 0.1) is 16.9 Å². The summed E-state index contributed by atoms with van der Waals surface area (Å²) in [7, 11) is -3.97. The lowest BCUT2D eigenvalue weighted by atomic mass is 9.96. The standard InChI is InChI=1S/C19H19NO3S/c1-13(24(21,22)23)9-16-11-19(16)15-7-8-18(17(10-15)12-20)14-5-3-2-4-6-14/h2-8,10,13,16,19H,9,11H2,1H3,(H,21,22,23)/t13?,16-,19+/m0/s1. The minimum Gasteiger partial charge on any atom is -0.285 e. The van der Waals surface area contributed by atoms with Crippen molar-refractivity contribution in [2.75, 3.05) is 0 Å². The van der Waals surface area contributed by atoms with Gasteiger partial charge in [0.25, 0.3) is 10.1 Å². The third-order valence-electron chi connectivity index (χ3n) is 4.74. The molecule has 24 heavy (non-hydrogen) atoms. The quantitative estimate of drug-likeness (QED) is 0.834. The fourth-order valence-corrected chi connectivity index (χ4v) is 3.71. The number of benzene rings is 2. The van der Waals surface area contributed by atoms with E-state index in [4.69, 9.17) is 4.55 Å². The Morgan fingerprint density at radius 2 is 1.96 bits per heavy atom. The molecule has 0 radical (unpaired) electrons. The first kappa shape index (κ1) is 16.7. The van der Waals surface area contributed by atoms with E-state index < -0.39 is 15.4 Å². The second-order valence-electron chi connectivity index (χ2n) is 6.45. The molecule has 0 aromatic heterocycles. The number of hydrogen-bond donors (Lipinski definition) is 1. The van der Waals surface area contributed by atoms with Crippen molar-refractivity contribution in [2.24, 2.45) is 5.92 Å². The summed E-state index contributed by atoms with van der Waals surface area (Å²) in [6.07, 6.45) is 1.35. The number of nitrogens with zero attached hydrogens (tertiary/aromatic N) is 1. The molecular weight excluding hydrogens is 322 g/mol. The molecule has 0 bridgehead atoms. The summed E-state index contributed by atoms with van der Waals surface area (Å²) in [5.41, 5.74) is 3.62. The van der Waals surface area contributed by atoms with E-state index in [9.17, 15) is 13.7 Å². The third kappa shape index (κ3) is 3.50. The second kappa shape index (κ2) is 6.39. The molecular formula is C19H19NO3S. The lowest BCUT2D eigenvalue weighted by molar-refractivity contribution is 0.461. The molecule has 1 aliphatic carbocycles. The van der Waals surface area contributed by atoms with Crippen LogP contribution in [0.3, 0.4) is 0 Å². The van der Waals surface area contributed by atoms with Crippen molar-refractivity contribution in [3.05, 3.63) is 59.7 Å². The summed E-state index contributed by atoms with van der Waals surface area (Å²) in [5, 5.41) is 8.72. The van der Waals surface area contributed by atoms with E-state index in [0.717, 1.165) is 23.1 Å². The lowest BCUT2D eigenvalue weighted by Crippen LogP contribution is -2.17. The minimum absolute atomic E-state index is 0.246. The molecule has 1 aliphatic rings. The summed E-state index contributed by atoms with van der Waals surface area (Å²) in [4.78, 5) is 0. The largest absolute Gasteiger partial charge is 0.285 e. The van der Waals surface area contributed by atoms with Gasteiger partial charge < -0.3 is 0 Å². The molecule has 0 amide bonds. The number of hydrogen-bond acceptors (Lipinski definition) is 3. The minimum atomic E-state index is -3.97. The summed E-state index contributed by atoms with van der Waals surface area (Å²) in [6.45, 7) is 1.53. The van der Waals surface area contributed by atoms with Gasteiger partial charge in [-0.1, -0.05) is 42.5 Å². The van der Waals surface area contributed by atoms with Gasteiger partial charge in [0.2, 0.25) is 0 Å². The monoisotopic (exact) mass is 341 g/mol. The molecule has 4 nitrogen and oxygen atoms in total. The normalized spacial score (nSPS) is 21.0. The zero-order valence-corrected chi connectivity index (χ0v) is 14.2. The van der Waals surface area contributed by atoms with E-state index >= 15 is 0 Å². The highest BCUT2D eigenvalue weighted by Crippen LogP contribution is 2.51. The average Bonchev–Trinajstić information content (AvgIpc) is 3.33. The van der Waals surface area contributed by atoms with Gasteiger partial charge in [-0.2, -0.15) is 13.7 Å². The van der Waals surface area contributed by atoms with E-state index in [1.165, 1.54) is 6.92 Å². The predicted octanol–water partition coefficient (Wildman–Crippen LogP) is 4.00. The smallest absolute Gasteiger partial charge is 0.267 e. The fourth-order valence-electron chi connectivity index (χ4n) is 3.22. The van der Waals surface area contributed by atoms with Gasteiger partial charge in [-0.25, -0.2) is 0 Å². The Kier molecular flexibility index (Phi) is 4.44. The van der Waals surface area contributed by atoms with Crippen LogP contribution in [0.5, 0.6) is 0 Å². The van der Waals surface area contributed by atoms with Gasteiger partial charge in [-0.05, 0) is 54.4 Å². The van der Waals surface area contributed by atoms with Crippen LogP contribution in [0.25, 0.3) is 11.1 Å². The summed E-state index contributed by atoms with van der Waals surface area (Å²) < 4.78 is 31.4. The van der Waals surface area contributed by atoms with Crippen LogP contribution >= 0.6 is 0 Å². The Balaban J connectivity index is 1.79. The van der Waals surface area contributed by atoms with E-state index in [1.807, 2.05) is 48.5 Å². The Morgan fingerprint density at radius 3 is 2.58 bits per heavy atom. The third-order valence-corrected chi connectivity index (χ3v) is 5.95. The predicted molar refractivity (Wildman–Crippen MR) is 93.1 cm³/mol. The van der Waals surface area contributed by atoms with Gasteiger partial charge in [0.1, 0.15) is 0 Å². The molecule has 2 aromatic carbocycles. The van der Waals surface area contributed by atoms with Crippen molar-refractivity contribution in [1.29, 1.82) is 5.26 Å². The van der Waals surface area contributed by atoms with Crippen molar-refractivity contribution in [2.45, 2.75) is 30.9 Å². The molecule has 124 valence electrons. The van der Waals surface area contributed by atoms with Crippen molar-refractivity contribution < 1.29 is 13.0 Å². The maximum atomic E-state index is 11.2. The van der Waals surface area contributed by atoms with Crippen LogP contribution in [0.2, 0.25) is 0 Å². The Labute approximate surface area is 142 Å². The van der Waals surface area contributed by atoms with Gasteiger partial charge in [0, 0.05) is 0 Å². The first-order chi connectivity index (χ1) is 11.4. The van der Waals surface area contributed by atoms with Crippen LogP contribution in [0, 0.1) is 17.2 Å². The SMILES string of the molecule is CC(C[C@H]1C[C@@H]1c1ccc(-c2ccccc2)c(C#N)c1)S(=O)(=O)O. The van der Waals surface area contributed by atoms with Gasteiger partial charge >= 0.3 is 0 Å². The van der Waals surface area contributed by atoms with Crippen molar-refractivity contribution >= 4 is 10.1 Å². The van der Waals surface area contributed by atoms with Crippen LogP contribution < -0.4 is 0 Å². The van der Waals surface area contributed by atoms with Crippen molar-refractivity contribution in [3.8, 4) is 17.2 Å². The summed E-state index contributed by atoms with van der Waals surface area (Å²) in [6, 6.07) is 17.9. The molecule has 0 heterocycles. The van der Waals surface area contributed by atoms with Crippen LogP contribution in [0.15, 0.2) is 48.5 Å². The Bertz CT molecular complexity index is 885. The van der Waals surface area contributed by atoms with E-state index in [-0.39, 0.29) is 11.8 Å². The highest BCUT2D eigenvalue weighted by atomic mass is 32.2. The molecule has 0 spiro atoms. The van der Waals surface area contributed by atoms with Crippen molar-refractivity contribution in [1.82, 2.24) is 0 Å². The summed E-state index contributed by atoms with van der Waals surface area (Å²) >= 11 is 0. The van der Waals surface area contributed by atoms with E-state index in [0.29, 0.717) is 12.0 Å². The Morgan fingerprint density at radius 1 is 1.25 bits per heavy atom. The topological polar surface area (TPSA) is 78.2 Å². The molecule has 5 heteroatoms. The van der Waals surface area contributed by atoms with E-state index in [1.54, 1.807) is 0 Å². The first-order valence-electron chi connectivity index (χ1n) is 7.96. The highest BCUT2D eigenvalue weighted by Gasteiger charge is 2.41. The average molecular weight is 341 g/mol. The molecule has 1 N–H and O–H groups in total. The fraction of sp³-hybridized carbons (Fsp3) is 0.316. The molecule has 1 unspecified atom stereocenters. The summed E-state index contributed by atoms with van der Waals surface area (Å²) in [5.74, 6) is 0.516. The molecule has 1 fully saturated rings. The highest BCUT2D eigenvalue weighted by molar-refractivity contribution is 7.86. The number of nitriles is 1. The zero-order chi connectivity index (χ0) is 17.3. The first-order valence-corrected chi connectivity index (χ1v) is 9.46. The Hall–Kier alpha value is -2.16. The van der Waals surface area contributed by atoms with Gasteiger partial charge in [-0.15, -0.1) is 0 Å². The number of rotatable bonds is 5. The molecule has 1 saturated carbocycles. The van der Waals surface area contributed by atoms with Gasteiger partial charge in [0.15, 0.2) is 0 Å².